The highest BCUT2D eigenvalue weighted by Gasteiger charge is 2.39. The maximum Gasteiger partial charge on any atom is 0.228 e. The second-order valence-corrected chi connectivity index (χ2v) is 7.10. The zero-order valence-corrected chi connectivity index (χ0v) is 12.9. The van der Waals surface area contributed by atoms with Gasteiger partial charge in [-0.15, -0.1) is 0 Å². The number of hydrogen-bond donors (Lipinski definition) is 1. The van der Waals surface area contributed by atoms with Gasteiger partial charge < -0.3 is 10.2 Å². The van der Waals surface area contributed by atoms with Crippen LogP contribution in [-0.2, 0) is 4.79 Å². The number of likely N-dealkylation sites (tertiary alicyclic amines) is 2. The van der Waals surface area contributed by atoms with Crippen molar-refractivity contribution in [2.75, 3.05) is 39.3 Å². The summed E-state index contributed by atoms with van der Waals surface area (Å²) in [7, 11) is 0. The van der Waals surface area contributed by atoms with Gasteiger partial charge in [-0.3, -0.25) is 9.69 Å². The second kappa shape index (κ2) is 6.02. The summed E-state index contributed by atoms with van der Waals surface area (Å²) >= 11 is 0. The molecular weight excluding hydrogens is 250 g/mol. The monoisotopic (exact) mass is 279 g/mol. The Bertz CT molecular complexity index is 346. The predicted molar refractivity (Wildman–Crippen MR) is 80.6 cm³/mol. The van der Waals surface area contributed by atoms with E-state index in [1.165, 1.54) is 38.8 Å². The molecule has 4 nitrogen and oxygen atoms in total. The Morgan fingerprint density at radius 3 is 2.50 bits per heavy atom. The summed E-state index contributed by atoms with van der Waals surface area (Å²) in [5.74, 6) is 0.419. The molecule has 3 heterocycles. The van der Waals surface area contributed by atoms with Crippen LogP contribution in [0.3, 0.4) is 0 Å². The van der Waals surface area contributed by atoms with E-state index < -0.39 is 0 Å². The summed E-state index contributed by atoms with van der Waals surface area (Å²) in [6, 6.07) is 0.625. The maximum atomic E-state index is 12.9. The smallest absolute Gasteiger partial charge is 0.228 e. The van der Waals surface area contributed by atoms with E-state index in [-0.39, 0.29) is 5.41 Å². The van der Waals surface area contributed by atoms with Gasteiger partial charge in [0.15, 0.2) is 0 Å². The van der Waals surface area contributed by atoms with Crippen LogP contribution < -0.4 is 5.32 Å². The fourth-order valence-corrected chi connectivity index (χ4v) is 4.12. The van der Waals surface area contributed by atoms with Gasteiger partial charge in [0.05, 0.1) is 0 Å². The molecule has 0 aromatic heterocycles. The topological polar surface area (TPSA) is 35.6 Å². The maximum absolute atomic E-state index is 12.9. The number of carbonyl (C=O) groups is 1. The van der Waals surface area contributed by atoms with Crippen molar-refractivity contribution in [1.29, 1.82) is 0 Å². The Kier molecular flexibility index (Phi) is 4.32. The highest BCUT2D eigenvalue weighted by molar-refractivity contribution is 5.82. The molecular formula is C16H29N3O. The molecule has 0 aromatic rings. The Balaban J connectivity index is 1.62. The van der Waals surface area contributed by atoms with Crippen LogP contribution in [0.15, 0.2) is 0 Å². The van der Waals surface area contributed by atoms with Crippen LogP contribution in [0.5, 0.6) is 0 Å². The van der Waals surface area contributed by atoms with Crippen LogP contribution in [0.25, 0.3) is 0 Å². The minimum atomic E-state index is -0.113. The molecule has 3 aliphatic heterocycles. The molecule has 3 fully saturated rings. The Morgan fingerprint density at radius 2 is 1.80 bits per heavy atom. The van der Waals surface area contributed by atoms with Crippen LogP contribution in [0.2, 0.25) is 0 Å². The molecule has 0 aromatic carbocycles. The fourth-order valence-electron chi connectivity index (χ4n) is 4.12. The van der Waals surface area contributed by atoms with Gasteiger partial charge in [0.1, 0.15) is 0 Å². The van der Waals surface area contributed by atoms with E-state index in [9.17, 15) is 4.79 Å². The quantitative estimate of drug-likeness (QED) is 0.831. The van der Waals surface area contributed by atoms with Gasteiger partial charge in [0.2, 0.25) is 5.91 Å². The van der Waals surface area contributed by atoms with Crippen molar-refractivity contribution < 1.29 is 4.79 Å². The van der Waals surface area contributed by atoms with Crippen molar-refractivity contribution in [3.05, 3.63) is 0 Å². The van der Waals surface area contributed by atoms with E-state index in [0.717, 1.165) is 39.0 Å². The average Bonchev–Trinajstić information content (AvgIpc) is 3.02. The Morgan fingerprint density at radius 1 is 1.10 bits per heavy atom. The van der Waals surface area contributed by atoms with E-state index in [1.807, 2.05) is 0 Å². The van der Waals surface area contributed by atoms with Crippen LogP contribution in [0.1, 0.15) is 45.4 Å². The zero-order chi connectivity index (χ0) is 14.0. The highest BCUT2D eigenvalue weighted by atomic mass is 16.2. The summed E-state index contributed by atoms with van der Waals surface area (Å²) in [5.41, 5.74) is -0.113. The number of rotatable bonds is 2. The molecule has 0 radical (unpaired) electrons. The highest BCUT2D eigenvalue weighted by Crippen LogP contribution is 2.32. The number of piperidine rings is 2. The van der Waals surface area contributed by atoms with Crippen LogP contribution in [0.4, 0.5) is 0 Å². The van der Waals surface area contributed by atoms with E-state index in [0.29, 0.717) is 11.9 Å². The fraction of sp³-hybridized carbons (Fsp3) is 0.938. The summed E-state index contributed by atoms with van der Waals surface area (Å²) in [6.07, 6.45) is 7.14. The molecule has 1 amide bonds. The van der Waals surface area contributed by atoms with Crippen molar-refractivity contribution in [3.8, 4) is 0 Å². The van der Waals surface area contributed by atoms with Crippen molar-refractivity contribution in [2.45, 2.75) is 51.5 Å². The lowest BCUT2D eigenvalue weighted by Gasteiger charge is -2.42. The first kappa shape index (κ1) is 14.3. The molecule has 1 N–H and O–H groups in total. The molecule has 0 bridgehead atoms. The third kappa shape index (κ3) is 2.86. The lowest BCUT2D eigenvalue weighted by molar-refractivity contribution is -0.144. The summed E-state index contributed by atoms with van der Waals surface area (Å²) < 4.78 is 0. The predicted octanol–water partition coefficient (Wildman–Crippen LogP) is 1.46. The first-order valence-corrected chi connectivity index (χ1v) is 8.43. The van der Waals surface area contributed by atoms with E-state index in [4.69, 9.17) is 0 Å². The first-order valence-electron chi connectivity index (χ1n) is 8.43. The van der Waals surface area contributed by atoms with Crippen LogP contribution in [-0.4, -0.2) is 61.0 Å². The Hall–Kier alpha value is -0.610. The summed E-state index contributed by atoms with van der Waals surface area (Å²) in [4.78, 5) is 17.7. The molecule has 20 heavy (non-hydrogen) atoms. The minimum absolute atomic E-state index is 0.113. The van der Waals surface area contributed by atoms with Gasteiger partial charge in [-0.25, -0.2) is 0 Å². The first-order chi connectivity index (χ1) is 9.69. The van der Waals surface area contributed by atoms with Crippen molar-refractivity contribution in [3.63, 3.8) is 0 Å². The van der Waals surface area contributed by atoms with Gasteiger partial charge in [0, 0.05) is 24.5 Å². The normalized spacial score (nSPS) is 31.4. The van der Waals surface area contributed by atoms with E-state index in [1.54, 1.807) is 0 Å². The standard InChI is InChI=1S/C16H29N3O/c1-16(6-8-17-9-7-16)15(20)19-12-4-5-14(13-19)18-10-2-3-11-18/h14,17H,2-13H2,1H3. The summed E-state index contributed by atoms with van der Waals surface area (Å²) in [5, 5.41) is 3.37. The molecule has 4 heteroatoms. The molecule has 3 aliphatic rings. The molecule has 1 unspecified atom stereocenters. The number of nitrogens with one attached hydrogen (secondary N) is 1. The number of carbonyl (C=O) groups excluding carboxylic acids is 1. The largest absolute Gasteiger partial charge is 0.341 e. The lowest BCUT2D eigenvalue weighted by atomic mass is 9.79. The number of nitrogens with zero attached hydrogens (tertiary/aromatic N) is 2. The lowest BCUT2D eigenvalue weighted by Crippen LogP contribution is -2.54. The minimum Gasteiger partial charge on any atom is -0.341 e. The van der Waals surface area contributed by atoms with Crippen molar-refractivity contribution in [1.82, 2.24) is 15.1 Å². The zero-order valence-electron chi connectivity index (χ0n) is 12.9. The Labute approximate surface area is 122 Å². The molecule has 0 spiro atoms. The van der Waals surface area contributed by atoms with E-state index >= 15 is 0 Å². The number of amides is 1. The molecule has 3 rings (SSSR count). The van der Waals surface area contributed by atoms with Gasteiger partial charge in [-0.2, -0.15) is 0 Å². The van der Waals surface area contributed by atoms with Crippen molar-refractivity contribution >= 4 is 5.91 Å². The molecule has 0 aliphatic carbocycles. The molecule has 1 atom stereocenters. The van der Waals surface area contributed by atoms with Crippen molar-refractivity contribution in [2.24, 2.45) is 5.41 Å². The van der Waals surface area contributed by atoms with Gasteiger partial charge in [-0.1, -0.05) is 6.92 Å². The van der Waals surface area contributed by atoms with Crippen LogP contribution in [0, 0.1) is 5.41 Å². The second-order valence-electron chi connectivity index (χ2n) is 7.10. The van der Waals surface area contributed by atoms with Gasteiger partial charge in [0.25, 0.3) is 0 Å². The number of hydrogen-bond acceptors (Lipinski definition) is 3. The average molecular weight is 279 g/mol. The van der Waals surface area contributed by atoms with Crippen LogP contribution >= 0.6 is 0 Å². The third-order valence-corrected chi connectivity index (χ3v) is 5.56. The SMILES string of the molecule is CC1(C(=O)N2CCCC(N3CCCC3)C2)CCNCC1. The molecule has 0 saturated carbocycles. The summed E-state index contributed by atoms with van der Waals surface area (Å²) in [6.45, 7) is 8.60. The third-order valence-electron chi connectivity index (χ3n) is 5.56. The van der Waals surface area contributed by atoms with Gasteiger partial charge >= 0.3 is 0 Å². The van der Waals surface area contributed by atoms with Gasteiger partial charge in [-0.05, 0) is 64.7 Å². The molecule has 114 valence electrons. The molecule has 3 saturated heterocycles. The van der Waals surface area contributed by atoms with E-state index in [2.05, 4.69) is 22.0 Å².